The second-order valence-corrected chi connectivity index (χ2v) is 4.57. The van der Waals surface area contributed by atoms with Gasteiger partial charge in [0.25, 0.3) is 0 Å². The zero-order valence-corrected chi connectivity index (χ0v) is 14.8. The van der Waals surface area contributed by atoms with Crippen LogP contribution >= 0.6 is 24.0 Å². The summed E-state index contributed by atoms with van der Waals surface area (Å²) in [6.07, 6.45) is -1.72. The predicted octanol–water partition coefficient (Wildman–Crippen LogP) is 3.14. The quantitative estimate of drug-likeness (QED) is 0.303. The van der Waals surface area contributed by atoms with Gasteiger partial charge in [-0.1, -0.05) is 6.07 Å². The molecule has 0 saturated carbocycles. The highest BCUT2D eigenvalue weighted by atomic mass is 127. The Hall–Kier alpha value is -1.06. The molecule has 1 rings (SSSR count). The van der Waals surface area contributed by atoms with Crippen molar-refractivity contribution in [2.45, 2.75) is 31.9 Å². The van der Waals surface area contributed by atoms with Gasteiger partial charge in [-0.3, -0.25) is 9.98 Å². The molecule has 1 aromatic rings. The van der Waals surface area contributed by atoms with Gasteiger partial charge in [0.2, 0.25) is 0 Å². The van der Waals surface area contributed by atoms with Crippen molar-refractivity contribution in [3.8, 4) is 0 Å². The average molecular weight is 430 g/mol. The number of nitrogens with zero attached hydrogens (tertiary/aromatic N) is 2. The van der Waals surface area contributed by atoms with Gasteiger partial charge in [-0.15, -0.1) is 24.0 Å². The van der Waals surface area contributed by atoms with E-state index in [9.17, 15) is 13.2 Å². The lowest BCUT2D eigenvalue weighted by Crippen LogP contribution is -2.38. The van der Waals surface area contributed by atoms with Gasteiger partial charge in [-0.05, 0) is 25.0 Å². The number of aliphatic imine (C=N–C) groups is 1. The highest BCUT2D eigenvalue weighted by Gasteiger charge is 2.25. The second-order valence-electron chi connectivity index (χ2n) is 4.57. The lowest BCUT2D eigenvalue weighted by atomic mass is 10.2. The molecule has 1 heterocycles. The number of hydrogen-bond donors (Lipinski definition) is 2. The number of alkyl halides is 3. The molecule has 0 atom stereocenters. The minimum absolute atomic E-state index is 0. The lowest BCUT2D eigenvalue weighted by molar-refractivity contribution is -0.135. The van der Waals surface area contributed by atoms with E-state index in [4.69, 9.17) is 0 Å². The number of halogens is 4. The molecule has 22 heavy (non-hydrogen) atoms. The summed E-state index contributed by atoms with van der Waals surface area (Å²) in [5.41, 5.74) is 0.977. The van der Waals surface area contributed by atoms with Crippen LogP contribution in [0.15, 0.2) is 29.4 Å². The molecule has 2 N–H and O–H groups in total. The van der Waals surface area contributed by atoms with Crippen LogP contribution in [0, 0.1) is 0 Å². The van der Waals surface area contributed by atoms with Crippen molar-refractivity contribution in [1.82, 2.24) is 15.6 Å². The van der Waals surface area contributed by atoms with E-state index in [1.807, 2.05) is 18.2 Å². The van der Waals surface area contributed by atoms with Gasteiger partial charge >= 0.3 is 6.18 Å². The van der Waals surface area contributed by atoms with Crippen molar-refractivity contribution in [3.05, 3.63) is 30.1 Å². The van der Waals surface area contributed by atoms with Gasteiger partial charge in [0.05, 0.1) is 0 Å². The first kappa shape index (κ1) is 20.9. The van der Waals surface area contributed by atoms with Crippen LogP contribution in [0.1, 0.15) is 25.0 Å². The molecule has 126 valence electrons. The summed E-state index contributed by atoms with van der Waals surface area (Å²) in [6.45, 7) is 1.14. The molecule has 0 saturated heterocycles. The Balaban J connectivity index is 0.00000441. The summed E-state index contributed by atoms with van der Waals surface area (Å²) in [5, 5.41) is 6.09. The molecule has 0 unspecified atom stereocenters. The third-order valence-corrected chi connectivity index (χ3v) is 2.80. The molecular formula is C14H22F3IN4. The SMILES string of the molecule is CN=C(NCCCCC(F)(F)F)NCCc1ccccn1.I. The van der Waals surface area contributed by atoms with Gasteiger partial charge in [-0.25, -0.2) is 0 Å². The number of unbranched alkanes of at least 4 members (excludes halogenated alkanes) is 1. The third kappa shape index (κ3) is 10.6. The molecule has 0 bridgehead atoms. The molecule has 8 heteroatoms. The summed E-state index contributed by atoms with van der Waals surface area (Å²) in [4.78, 5) is 8.22. The highest BCUT2D eigenvalue weighted by Crippen LogP contribution is 2.21. The van der Waals surface area contributed by atoms with E-state index >= 15 is 0 Å². The van der Waals surface area contributed by atoms with Crippen LogP contribution in [0.2, 0.25) is 0 Å². The Labute approximate surface area is 146 Å². The second kappa shape index (κ2) is 11.5. The fourth-order valence-electron chi connectivity index (χ4n) is 1.73. The smallest absolute Gasteiger partial charge is 0.356 e. The Morgan fingerprint density at radius 2 is 1.91 bits per heavy atom. The Morgan fingerprint density at radius 1 is 1.18 bits per heavy atom. The van der Waals surface area contributed by atoms with Gasteiger partial charge in [-0.2, -0.15) is 13.2 Å². The van der Waals surface area contributed by atoms with Crippen molar-refractivity contribution < 1.29 is 13.2 Å². The Morgan fingerprint density at radius 3 is 2.50 bits per heavy atom. The highest BCUT2D eigenvalue weighted by molar-refractivity contribution is 14.0. The first-order valence-corrected chi connectivity index (χ1v) is 6.92. The maximum atomic E-state index is 12.0. The van der Waals surface area contributed by atoms with Gasteiger partial charge in [0.1, 0.15) is 0 Å². The van der Waals surface area contributed by atoms with Crippen molar-refractivity contribution >= 4 is 29.9 Å². The maximum absolute atomic E-state index is 12.0. The van der Waals surface area contributed by atoms with Crippen LogP contribution < -0.4 is 10.6 Å². The van der Waals surface area contributed by atoms with Crippen LogP contribution in [0.5, 0.6) is 0 Å². The predicted molar refractivity (Wildman–Crippen MR) is 92.6 cm³/mol. The molecule has 0 amide bonds. The molecule has 4 nitrogen and oxygen atoms in total. The third-order valence-electron chi connectivity index (χ3n) is 2.80. The van der Waals surface area contributed by atoms with E-state index in [0.717, 1.165) is 12.1 Å². The van der Waals surface area contributed by atoms with E-state index in [0.29, 0.717) is 25.5 Å². The number of guanidine groups is 1. The molecule has 0 aliphatic carbocycles. The van der Waals surface area contributed by atoms with Crippen LogP contribution in [-0.4, -0.2) is 37.3 Å². The summed E-state index contributed by atoms with van der Waals surface area (Å²) >= 11 is 0. The molecule has 0 radical (unpaired) electrons. The number of rotatable bonds is 7. The topological polar surface area (TPSA) is 49.3 Å². The first-order valence-electron chi connectivity index (χ1n) is 6.92. The summed E-state index contributed by atoms with van der Waals surface area (Å²) in [5.74, 6) is 0.595. The standard InChI is InChI=1S/C14H21F3N4.HI/c1-18-13(20-10-5-3-8-14(15,16)17)21-11-7-12-6-2-4-9-19-12;/h2,4,6,9H,3,5,7-8,10-11H2,1H3,(H2,18,20,21);1H. The summed E-state index contributed by atoms with van der Waals surface area (Å²) in [6, 6.07) is 5.73. The Kier molecular flexibility index (Phi) is 10.9. The molecule has 0 aliphatic rings. The Bertz CT molecular complexity index is 424. The zero-order valence-electron chi connectivity index (χ0n) is 12.5. The van der Waals surface area contributed by atoms with Crippen molar-refractivity contribution in [3.63, 3.8) is 0 Å². The molecule has 1 aromatic heterocycles. The van der Waals surface area contributed by atoms with Crippen molar-refractivity contribution in [1.29, 1.82) is 0 Å². The zero-order chi connectivity index (χ0) is 15.6. The van der Waals surface area contributed by atoms with E-state index in [-0.39, 0.29) is 30.4 Å². The number of aromatic nitrogens is 1. The van der Waals surface area contributed by atoms with Gasteiger partial charge < -0.3 is 10.6 Å². The minimum atomic E-state index is -4.07. The minimum Gasteiger partial charge on any atom is -0.356 e. The largest absolute Gasteiger partial charge is 0.389 e. The number of hydrogen-bond acceptors (Lipinski definition) is 2. The fourth-order valence-corrected chi connectivity index (χ4v) is 1.73. The normalized spacial score (nSPS) is 11.7. The van der Waals surface area contributed by atoms with Crippen molar-refractivity contribution in [2.75, 3.05) is 20.1 Å². The maximum Gasteiger partial charge on any atom is 0.389 e. The number of nitrogens with one attached hydrogen (secondary N) is 2. The van der Waals surface area contributed by atoms with Crippen LogP contribution in [0.4, 0.5) is 13.2 Å². The van der Waals surface area contributed by atoms with Crippen molar-refractivity contribution in [2.24, 2.45) is 4.99 Å². The average Bonchev–Trinajstić information content (AvgIpc) is 2.45. The van der Waals surface area contributed by atoms with E-state index in [1.165, 1.54) is 0 Å². The number of pyridine rings is 1. The summed E-state index contributed by atoms with van der Waals surface area (Å²) in [7, 11) is 1.63. The van der Waals surface area contributed by atoms with E-state index < -0.39 is 12.6 Å². The van der Waals surface area contributed by atoms with Crippen LogP contribution in [-0.2, 0) is 6.42 Å². The summed E-state index contributed by atoms with van der Waals surface area (Å²) < 4.78 is 35.9. The molecular weight excluding hydrogens is 408 g/mol. The van der Waals surface area contributed by atoms with Gasteiger partial charge in [0.15, 0.2) is 5.96 Å². The lowest BCUT2D eigenvalue weighted by Gasteiger charge is -2.12. The molecule has 0 spiro atoms. The molecule has 0 fully saturated rings. The van der Waals surface area contributed by atoms with E-state index in [2.05, 4.69) is 20.6 Å². The van der Waals surface area contributed by atoms with Crippen LogP contribution in [0.25, 0.3) is 0 Å². The van der Waals surface area contributed by atoms with Crippen LogP contribution in [0.3, 0.4) is 0 Å². The first-order chi connectivity index (χ1) is 10.0. The van der Waals surface area contributed by atoms with E-state index in [1.54, 1.807) is 13.2 Å². The monoisotopic (exact) mass is 430 g/mol. The molecule has 0 aliphatic heterocycles. The molecule has 0 aromatic carbocycles. The fraction of sp³-hybridized carbons (Fsp3) is 0.571. The van der Waals surface area contributed by atoms with Gasteiger partial charge in [0, 0.05) is 44.9 Å².